The third kappa shape index (κ3) is 5.87. The highest BCUT2D eigenvalue weighted by Gasteiger charge is 2.15. The second kappa shape index (κ2) is 8.10. The van der Waals surface area contributed by atoms with E-state index in [0.29, 0.717) is 0 Å². The molecule has 0 aromatic heterocycles. The maximum absolute atomic E-state index is 11.5. The van der Waals surface area contributed by atoms with E-state index in [2.05, 4.69) is 10.6 Å². The summed E-state index contributed by atoms with van der Waals surface area (Å²) in [6.45, 7) is -0.182. The Morgan fingerprint density at radius 3 is 2.58 bits per heavy atom. The fourth-order valence-corrected chi connectivity index (χ4v) is 1.42. The summed E-state index contributed by atoms with van der Waals surface area (Å²) in [6, 6.07) is 8.58. The molecule has 0 aliphatic rings. The van der Waals surface area contributed by atoms with E-state index in [9.17, 15) is 9.59 Å². The first-order chi connectivity index (χ1) is 9.15. The fourth-order valence-electron chi connectivity index (χ4n) is 1.42. The average Bonchev–Trinajstić information content (AvgIpc) is 2.45. The van der Waals surface area contributed by atoms with Crippen molar-refractivity contribution in [1.82, 2.24) is 10.6 Å². The number of carbonyl (C=O) groups excluding carboxylic acids is 2. The number of nitrogens with one attached hydrogen (secondary N) is 2. The second-order valence-corrected chi connectivity index (χ2v) is 3.96. The van der Waals surface area contributed by atoms with Crippen LogP contribution in [0.1, 0.15) is 12.0 Å². The average molecular weight is 266 g/mol. The van der Waals surface area contributed by atoms with Crippen LogP contribution in [0.4, 0.5) is 4.79 Å². The lowest BCUT2D eigenvalue weighted by Gasteiger charge is -2.15. The number of hydrogen-bond acceptors (Lipinski definition) is 4. The molecular weight excluding hydrogens is 248 g/mol. The molecule has 3 N–H and O–H groups in total. The molecule has 0 aliphatic carbocycles. The van der Waals surface area contributed by atoms with Crippen LogP contribution in [0.2, 0.25) is 0 Å². The van der Waals surface area contributed by atoms with Gasteiger partial charge in [-0.1, -0.05) is 30.3 Å². The normalized spacial score (nSPS) is 11.5. The molecule has 19 heavy (non-hydrogen) atoms. The molecule has 1 rings (SSSR count). The Balaban J connectivity index is 2.35. The molecule has 6 nitrogen and oxygen atoms in total. The number of aliphatic hydroxyl groups excluding tert-OH is 1. The maximum Gasteiger partial charge on any atom is 0.407 e. The highest BCUT2D eigenvalue weighted by molar-refractivity contribution is 5.77. The van der Waals surface area contributed by atoms with Crippen molar-refractivity contribution < 1.29 is 19.4 Å². The molecule has 0 aliphatic heterocycles. The summed E-state index contributed by atoms with van der Waals surface area (Å²) in [7, 11) is 1.49. The molecule has 0 saturated carbocycles. The van der Waals surface area contributed by atoms with Gasteiger partial charge in [0, 0.05) is 13.5 Å². The minimum atomic E-state index is -0.660. The van der Waals surface area contributed by atoms with E-state index < -0.39 is 12.1 Å². The molecule has 0 spiro atoms. The minimum Gasteiger partial charge on any atom is -0.445 e. The topological polar surface area (TPSA) is 87.7 Å². The third-order valence-electron chi connectivity index (χ3n) is 2.47. The van der Waals surface area contributed by atoms with E-state index in [1.807, 2.05) is 30.3 Å². The van der Waals surface area contributed by atoms with Crippen molar-refractivity contribution in [1.29, 1.82) is 0 Å². The largest absolute Gasteiger partial charge is 0.445 e. The van der Waals surface area contributed by atoms with Gasteiger partial charge in [0.25, 0.3) is 0 Å². The number of hydrogen-bond donors (Lipinski definition) is 3. The quantitative estimate of drug-likeness (QED) is 0.696. The van der Waals surface area contributed by atoms with Crippen LogP contribution in [0.25, 0.3) is 0 Å². The van der Waals surface area contributed by atoms with Gasteiger partial charge in [0.15, 0.2) is 0 Å². The van der Waals surface area contributed by atoms with E-state index in [4.69, 9.17) is 9.84 Å². The molecule has 6 heteroatoms. The SMILES string of the molecule is CNC(=O)CC(CO)NC(=O)OCc1ccccc1. The molecule has 0 bridgehead atoms. The summed E-state index contributed by atoms with van der Waals surface area (Å²) in [4.78, 5) is 22.6. The summed E-state index contributed by atoms with van der Waals surface area (Å²) >= 11 is 0. The Morgan fingerprint density at radius 2 is 2.00 bits per heavy atom. The van der Waals surface area contributed by atoms with Gasteiger partial charge >= 0.3 is 6.09 Å². The Kier molecular flexibility index (Phi) is 6.38. The Bertz CT molecular complexity index is 408. The summed E-state index contributed by atoms with van der Waals surface area (Å²) in [5.74, 6) is -0.262. The number of ether oxygens (including phenoxy) is 1. The van der Waals surface area contributed by atoms with Gasteiger partial charge in [0.1, 0.15) is 6.61 Å². The van der Waals surface area contributed by atoms with E-state index >= 15 is 0 Å². The number of rotatable bonds is 6. The van der Waals surface area contributed by atoms with Crippen LogP contribution in [0.5, 0.6) is 0 Å². The van der Waals surface area contributed by atoms with Crippen molar-refractivity contribution in [3.8, 4) is 0 Å². The Hall–Kier alpha value is -2.08. The van der Waals surface area contributed by atoms with Crippen LogP contribution >= 0.6 is 0 Å². The molecular formula is C13H18N2O4. The van der Waals surface area contributed by atoms with Crippen LogP contribution in [-0.4, -0.2) is 36.8 Å². The van der Waals surface area contributed by atoms with Gasteiger partial charge in [0.05, 0.1) is 12.6 Å². The van der Waals surface area contributed by atoms with Crippen molar-refractivity contribution in [3.63, 3.8) is 0 Å². The smallest absolute Gasteiger partial charge is 0.407 e. The van der Waals surface area contributed by atoms with Gasteiger partial charge < -0.3 is 20.5 Å². The number of alkyl carbamates (subject to hydrolysis) is 1. The van der Waals surface area contributed by atoms with Gasteiger partial charge in [0.2, 0.25) is 5.91 Å². The van der Waals surface area contributed by atoms with Gasteiger partial charge in [-0.3, -0.25) is 4.79 Å². The molecule has 1 aromatic carbocycles. The molecule has 1 unspecified atom stereocenters. The predicted octanol–water partition coefficient (Wildman–Crippen LogP) is 0.410. The minimum absolute atomic E-state index is 0.00738. The standard InChI is InChI=1S/C13H18N2O4/c1-14-12(17)7-11(8-16)15-13(18)19-9-10-5-3-2-4-6-10/h2-6,11,16H,7-9H2,1H3,(H,14,17)(H,15,18). The monoisotopic (exact) mass is 266 g/mol. The van der Waals surface area contributed by atoms with Crippen LogP contribution in [0.3, 0.4) is 0 Å². The molecule has 0 heterocycles. The summed E-state index contributed by atoms with van der Waals surface area (Å²) < 4.78 is 4.98. The lowest BCUT2D eigenvalue weighted by molar-refractivity contribution is -0.121. The lowest BCUT2D eigenvalue weighted by Crippen LogP contribution is -2.41. The first-order valence-corrected chi connectivity index (χ1v) is 5.94. The maximum atomic E-state index is 11.5. The number of aliphatic hydroxyl groups is 1. The van der Waals surface area contributed by atoms with Crippen molar-refractivity contribution in [2.24, 2.45) is 0 Å². The van der Waals surface area contributed by atoms with Crippen LogP contribution < -0.4 is 10.6 Å². The second-order valence-electron chi connectivity index (χ2n) is 3.96. The molecule has 1 atom stereocenters. The zero-order valence-corrected chi connectivity index (χ0v) is 10.8. The van der Waals surface area contributed by atoms with Crippen molar-refractivity contribution in [3.05, 3.63) is 35.9 Å². The van der Waals surface area contributed by atoms with E-state index in [1.54, 1.807) is 0 Å². The summed E-state index contributed by atoms with van der Waals surface area (Å²) in [5.41, 5.74) is 0.865. The number of carbonyl (C=O) groups is 2. The van der Waals surface area contributed by atoms with Gasteiger partial charge in [-0.25, -0.2) is 4.79 Å². The first kappa shape index (κ1) is 15.0. The van der Waals surface area contributed by atoms with E-state index in [-0.39, 0.29) is 25.5 Å². The number of amides is 2. The highest BCUT2D eigenvalue weighted by atomic mass is 16.5. The Morgan fingerprint density at radius 1 is 1.32 bits per heavy atom. The molecule has 0 saturated heterocycles. The third-order valence-corrected chi connectivity index (χ3v) is 2.47. The number of benzene rings is 1. The van der Waals surface area contributed by atoms with Crippen molar-refractivity contribution in [2.45, 2.75) is 19.1 Å². The Labute approximate surface area is 111 Å². The zero-order valence-electron chi connectivity index (χ0n) is 10.8. The van der Waals surface area contributed by atoms with Gasteiger partial charge in [-0.15, -0.1) is 0 Å². The molecule has 2 amide bonds. The molecule has 0 fully saturated rings. The zero-order chi connectivity index (χ0) is 14.1. The fraction of sp³-hybridized carbons (Fsp3) is 0.385. The van der Waals surface area contributed by atoms with Crippen LogP contribution in [-0.2, 0) is 16.1 Å². The molecule has 1 aromatic rings. The van der Waals surface area contributed by atoms with Crippen LogP contribution in [0, 0.1) is 0 Å². The van der Waals surface area contributed by atoms with Gasteiger partial charge in [-0.2, -0.15) is 0 Å². The first-order valence-electron chi connectivity index (χ1n) is 5.94. The highest BCUT2D eigenvalue weighted by Crippen LogP contribution is 2.01. The predicted molar refractivity (Wildman–Crippen MR) is 69.3 cm³/mol. The van der Waals surface area contributed by atoms with Gasteiger partial charge in [-0.05, 0) is 5.56 Å². The van der Waals surface area contributed by atoms with E-state index in [0.717, 1.165) is 5.56 Å². The van der Waals surface area contributed by atoms with E-state index in [1.165, 1.54) is 7.05 Å². The molecule has 0 radical (unpaired) electrons. The van der Waals surface area contributed by atoms with Crippen molar-refractivity contribution >= 4 is 12.0 Å². The molecule has 104 valence electrons. The summed E-state index contributed by atoms with van der Waals surface area (Å²) in [6.07, 6.45) is -0.653. The summed E-state index contributed by atoms with van der Waals surface area (Å²) in [5, 5.41) is 13.9. The van der Waals surface area contributed by atoms with Crippen molar-refractivity contribution in [2.75, 3.05) is 13.7 Å². The van der Waals surface area contributed by atoms with Crippen LogP contribution in [0.15, 0.2) is 30.3 Å². The lowest BCUT2D eigenvalue weighted by atomic mass is 10.2.